The average Bonchev–Trinajstić information content (AvgIpc) is 2.83. The summed E-state index contributed by atoms with van der Waals surface area (Å²) in [6.45, 7) is 16.4. The van der Waals surface area contributed by atoms with Gasteiger partial charge in [-0.25, -0.2) is 0 Å². The molecule has 0 saturated carbocycles. The van der Waals surface area contributed by atoms with Crippen LogP contribution in [-0.4, -0.2) is 13.1 Å². The molecule has 0 amide bonds. The number of allylic oxidation sites excluding steroid dienone is 7. The molecule has 2 heterocycles. The summed E-state index contributed by atoms with van der Waals surface area (Å²) in [5.74, 6) is 2.92. The third kappa shape index (κ3) is 5.02. The molecule has 2 aromatic carbocycles. The van der Waals surface area contributed by atoms with Crippen LogP contribution in [0, 0.1) is 32.1 Å². The van der Waals surface area contributed by atoms with Crippen LogP contribution < -0.4 is 9.64 Å². The van der Waals surface area contributed by atoms with E-state index < -0.39 is 0 Å². The highest BCUT2D eigenvalue weighted by atomic mass is 16.5. The lowest BCUT2D eigenvalue weighted by Gasteiger charge is -2.25. The Labute approximate surface area is 215 Å². The topological polar surface area (TPSA) is 45.5 Å². The largest absolute Gasteiger partial charge is 0.457 e. The monoisotopic (exact) mass is 478 g/mol. The van der Waals surface area contributed by atoms with E-state index in [2.05, 4.69) is 82.8 Å². The molecule has 36 heavy (non-hydrogen) atoms. The van der Waals surface area contributed by atoms with Crippen LogP contribution >= 0.6 is 0 Å². The van der Waals surface area contributed by atoms with Crippen molar-refractivity contribution >= 4 is 17.0 Å². The zero-order chi connectivity index (χ0) is 26.0. The van der Waals surface area contributed by atoms with E-state index in [4.69, 9.17) is 9.47 Å². The molecule has 0 radical (unpaired) electrons. The Morgan fingerprint density at radius 2 is 1.64 bits per heavy atom. The molecule has 0 bridgehead atoms. The predicted molar refractivity (Wildman–Crippen MR) is 148 cm³/mol. The number of fused-ring (bicyclic) bond motifs is 1. The van der Waals surface area contributed by atoms with Crippen molar-refractivity contribution in [2.24, 2.45) is 0 Å². The van der Waals surface area contributed by atoms with E-state index in [1.165, 1.54) is 5.56 Å². The highest BCUT2D eigenvalue weighted by Gasteiger charge is 2.20. The van der Waals surface area contributed by atoms with Crippen LogP contribution in [0.25, 0.3) is 11.3 Å². The zero-order valence-electron chi connectivity index (χ0n) is 22.3. The van der Waals surface area contributed by atoms with Crippen LogP contribution in [0.5, 0.6) is 5.75 Å². The van der Waals surface area contributed by atoms with Gasteiger partial charge >= 0.3 is 0 Å². The van der Waals surface area contributed by atoms with Gasteiger partial charge in [0, 0.05) is 47.6 Å². The van der Waals surface area contributed by atoms with Crippen LogP contribution in [-0.2, 0) is 4.74 Å². The van der Waals surface area contributed by atoms with Gasteiger partial charge in [-0.05, 0) is 101 Å². The maximum Gasteiger partial charge on any atom is 0.136 e. The smallest absolute Gasteiger partial charge is 0.136 e. The Kier molecular flexibility index (Phi) is 7.22. The summed E-state index contributed by atoms with van der Waals surface area (Å²) < 4.78 is 12.8. The van der Waals surface area contributed by atoms with Gasteiger partial charge in [0.2, 0.25) is 0 Å². The SMILES string of the molecule is CCN(CC)c1ccc2c(c1)O/C(=C/C1=CC(=C(C)C#N)C=C(c3c(C)cc(C)cc3C)O1)C=C2C. The van der Waals surface area contributed by atoms with Gasteiger partial charge in [-0.15, -0.1) is 0 Å². The number of hydrogen-bond donors (Lipinski definition) is 0. The predicted octanol–water partition coefficient (Wildman–Crippen LogP) is 7.93. The van der Waals surface area contributed by atoms with Gasteiger partial charge in [0.15, 0.2) is 0 Å². The van der Waals surface area contributed by atoms with E-state index >= 15 is 0 Å². The molecule has 2 aliphatic rings. The third-order valence-corrected chi connectivity index (χ3v) is 6.73. The Hall–Kier alpha value is -3.97. The molecule has 0 atom stereocenters. The lowest BCUT2D eigenvalue weighted by Crippen LogP contribution is -2.21. The summed E-state index contributed by atoms with van der Waals surface area (Å²) >= 11 is 0. The van der Waals surface area contributed by atoms with Gasteiger partial charge in [0.05, 0.1) is 6.07 Å². The summed E-state index contributed by atoms with van der Waals surface area (Å²) in [5, 5.41) is 9.59. The van der Waals surface area contributed by atoms with Gasteiger partial charge < -0.3 is 14.4 Å². The second kappa shape index (κ2) is 10.3. The molecular formula is C32H34N2O2. The van der Waals surface area contributed by atoms with Crippen molar-refractivity contribution in [3.63, 3.8) is 0 Å². The Balaban J connectivity index is 1.73. The number of hydrogen-bond acceptors (Lipinski definition) is 4. The molecule has 0 spiro atoms. The summed E-state index contributed by atoms with van der Waals surface area (Å²) in [4.78, 5) is 2.30. The lowest BCUT2D eigenvalue weighted by atomic mass is 9.95. The summed E-state index contributed by atoms with van der Waals surface area (Å²) in [5.41, 5.74) is 9.40. The molecule has 0 unspecified atom stereocenters. The van der Waals surface area contributed by atoms with Crippen LogP contribution in [0.2, 0.25) is 0 Å². The summed E-state index contributed by atoms with van der Waals surface area (Å²) in [7, 11) is 0. The molecule has 4 rings (SSSR count). The normalized spacial score (nSPS) is 17.2. The van der Waals surface area contributed by atoms with Crippen molar-refractivity contribution < 1.29 is 9.47 Å². The highest BCUT2D eigenvalue weighted by Crippen LogP contribution is 2.38. The van der Waals surface area contributed by atoms with Crippen LogP contribution in [0.15, 0.2) is 77.3 Å². The average molecular weight is 479 g/mol. The van der Waals surface area contributed by atoms with E-state index in [1.807, 2.05) is 31.2 Å². The van der Waals surface area contributed by atoms with Crippen LogP contribution in [0.3, 0.4) is 0 Å². The van der Waals surface area contributed by atoms with Crippen LogP contribution in [0.1, 0.15) is 55.5 Å². The number of nitriles is 1. The number of nitrogens with zero attached hydrogens (tertiary/aromatic N) is 2. The van der Waals surface area contributed by atoms with Gasteiger partial charge in [0.1, 0.15) is 23.0 Å². The van der Waals surface area contributed by atoms with Gasteiger partial charge in [0.25, 0.3) is 0 Å². The number of benzene rings is 2. The highest BCUT2D eigenvalue weighted by molar-refractivity contribution is 5.77. The fourth-order valence-electron chi connectivity index (χ4n) is 4.93. The van der Waals surface area contributed by atoms with Crippen molar-refractivity contribution in [3.05, 3.63) is 105 Å². The molecule has 2 aliphatic heterocycles. The van der Waals surface area contributed by atoms with E-state index in [0.717, 1.165) is 63.7 Å². The maximum atomic E-state index is 9.59. The first-order chi connectivity index (χ1) is 17.2. The Bertz CT molecular complexity index is 1380. The van der Waals surface area contributed by atoms with Crippen LogP contribution in [0.4, 0.5) is 5.69 Å². The van der Waals surface area contributed by atoms with Crippen molar-refractivity contribution in [2.45, 2.75) is 48.5 Å². The number of anilines is 1. The fourth-order valence-corrected chi connectivity index (χ4v) is 4.93. The molecule has 2 aromatic rings. The van der Waals surface area contributed by atoms with Crippen molar-refractivity contribution in [2.75, 3.05) is 18.0 Å². The number of rotatable bonds is 5. The van der Waals surface area contributed by atoms with Gasteiger partial charge in [-0.3, -0.25) is 0 Å². The van der Waals surface area contributed by atoms with E-state index in [-0.39, 0.29) is 0 Å². The lowest BCUT2D eigenvalue weighted by molar-refractivity contribution is 0.384. The minimum atomic E-state index is 0.638. The first kappa shape index (κ1) is 25.1. The molecule has 0 saturated heterocycles. The minimum absolute atomic E-state index is 0.638. The van der Waals surface area contributed by atoms with Gasteiger partial charge in [-0.2, -0.15) is 5.26 Å². The zero-order valence-corrected chi connectivity index (χ0v) is 22.3. The summed E-state index contributed by atoms with van der Waals surface area (Å²) in [6, 6.07) is 13.0. The molecule has 0 N–H and O–H groups in total. The summed E-state index contributed by atoms with van der Waals surface area (Å²) in [6.07, 6.45) is 7.81. The standard InChI is InChI=1S/C32H34N2O2/c1-8-34(9-2)26-10-11-29-21(4)14-27(35-30(29)17-26)18-28-15-25(24(7)19-33)16-31(36-28)32-22(5)12-20(3)13-23(32)6/h10-18H,8-9H2,1-7H3/b25-24?,27-18+. The Morgan fingerprint density at radius 1 is 0.944 bits per heavy atom. The molecule has 0 fully saturated rings. The van der Waals surface area contributed by atoms with Crippen molar-refractivity contribution in [1.29, 1.82) is 5.26 Å². The first-order valence-electron chi connectivity index (χ1n) is 12.5. The second-order valence-electron chi connectivity index (χ2n) is 9.45. The molecule has 184 valence electrons. The number of ether oxygens (including phenoxy) is 2. The molecule has 4 heteroatoms. The Morgan fingerprint density at radius 3 is 2.28 bits per heavy atom. The van der Waals surface area contributed by atoms with Gasteiger partial charge in [-0.1, -0.05) is 17.7 Å². The first-order valence-corrected chi connectivity index (χ1v) is 12.5. The second-order valence-corrected chi connectivity index (χ2v) is 9.45. The van der Waals surface area contributed by atoms with Crippen molar-refractivity contribution in [3.8, 4) is 11.8 Å². The molecule has 0 aromatic heterocycles. The van der Waals surface area contributed by atoms with E-state index in [1.54, 1.807) is 0 Å². The molecular weight excluding hydrogens is 444 g/mol. The van der Waals surface area contributed by atoms with Crippen molar-refractivity contribution in [1.82, 2.24) is 0 Å². The third-order valence-electron chi connectivity index (χ3n) is 6.73. The van der Waals surface area contributed by atoms with E-state index in [9.17, 15) is 5.26 Å². The maximum absolute atomic E-state index is 9.59. The number of aryl methyl sites for hydroxylation is 3. The molecule has 0 aliphatic carbocycles. The molecule has 4 nitrogen and oxygen atoms in total. The quantitative estimate of drug-likeness (QED) is 0.409. The van der Waals surface area contributed by atoms with E-state index in [0.29, 0.717) is 17.1 Å². The minimum Gasteiger partial charge on any atom is -0.457 e. The fraction of sp³-hybridized carbons (Fsp3) is 0.281.